The Bertz CT molecular complexity index is 756. The molecule has 0 saturated heterocycles. The lowest BCUT2D eigenvalue weighted by atomic mass is 10.1. The Balaban J connectivity index is 1.92. The van der Waals surface area contributed by atoms with Crippen LogP contribution in [-0.2, 0) is 0 Å². The van der Waals surface area contributed by atoms with Gasteiger partial charge in [-0.2, -0.15) is 0 Å². The number of rotatable bonds is 2. The van der Waals surface area contributed by atoms with E-state index in [0.717, 1.165) is 19.3 Å². The van der Waals surface area contributed by atoms with Crippen molar-refractivity contribution < 1.29 is 9.18 Å². The van der Waals surface area contributed by atoms with Crippen LogP contribution in [0, 0.1) is 5.82 Å². The van der Waals surface area contributed by atoms with Crippen LogP contribution in [0.4, 0.5) is 4.39 Å². The van der Waals surface area contributed by atoms with Crippen molar-refractivity contribution in [3.8, 4) is 0 Å². The quantitative estimate of drug-likeness (QED) is 0.778. The van der Waals surface area contributed by atoms with Crippen LogP contribution in [0.2, 0.25) is 0 Å². The third kappa shape index (κ3) is 2.67. The Morgan fingerprint density at radius 2 is 2.19 bits per heavy atom. The maximum absolute atomic E-state index is 13.7. The molecule has 0 unspecified atom stereocenters. The molecule has 0 spiro atoms. The number of hydrogen-bond donors (Lipinski definition) is 3. The predicted molar refractivity (Wildman–Crippen MR) is 77.6 cm³/mol. The lowest BCUT2D eigenvalue weighted by Gasteiger charge is -2.12. The van der Waals surface area contributed by atoms with Crippen molar-refractivity contribution in [1.82, 2.24) is 10.3 Å². The van der Waals surface area contributed by atoms with E-state index < -0.39 is 11.7 Å². The summed E-state index contributed by atoms with van der Waals surface area (Å²) in [6.45, 7) is 0. The van der Waals surface area contributed by atoms with E-state index in [2.05, 4.69) is 10.3 Å². The van der Waals surface area contributed by atoms with Crippen LogP contribution in [0.15, 0.2) is 29.1 Å². The maximum atomic E-state index is 13.7. The van der Waals surface area contributed by atoms with Crippen molar-refractivity contribution in [2.24, 2.45) is 5.73 Å². The molecule has 5 nitrogen and oxygen atoms in total. The molecule has 1 amide bonds. The highest BCUT2D eigenvalue weighted by Crippen LogP contribution is 2.18. The lowest BCUT2D eigenvalue weighted by molar-refractivity contribution is 0.0933. The molecule has 1 aliphatic carbocycles. The SMILES string of the molecule is N[C@H]1CC[C@H](NC(=O)c2cc(=O)c3cccc(F)c3[nH]2)C1. The molecular formula is C15H16FN3O2. The second kappa shape index (κ2) is 5.29. The number of aromatic amines is 1. The van der Waals surface area contributed by atoms with E-state index in [0.29, 0.717) is 0 Å². The molecule has 1 heterocycles. The minimum atomic E-state index is -0.554. The average Bonchev–Trinajstić information content (AvgIpc) is 2.85. The number of aromatic nitrogens is 1. The van der Waals surface area contributed by atoms with Crippen molar-refractivity contribution in [1.29, 1.82) is 0 Å². The Kier molecular flexibility index (Phi) is 3.47. The van der Waals surface area contributed by atoms with E-state index in [-0.39, 0.29) is 34.1 Å². The molecule has 0 aliphatic heterocycles. The molecule has 0 radical (unpaired) electrons. The number of halogens is 1. The molecule has 0 bridgehead atoms. The van der Waals surface area contributed by atoms with Gasteiger partial charge < -0.3 is 16.0 Å². The molecule has 21 heavy (non-hydrogen) atoms. The number of carbonyl (C=O) groups is 1. The second-order valence-electron chi connectivity index (χ2n) is 5.45. The molecule has 1 aromatic carbocycles. The summed E-state index contributed by atoms with van der Waals surface area (Å²) in [6.07, 6.45) is 2.41. The van der Waals surface area contributed by atoms with Crippen LogP contribution < -0.4 is 16.5 Å². The summed E-state index contributed by atoms with van der Waals surface area (Å²) in [6, 6.07) is 5.54. The summed E-state index contributed by atoms with van der Waals surface area (Å²) in [5.74, 6) is -0.960. The minimum absolute atomic E-state index is 0.00678. The first kappa shape index (κ1) is 13.8. The number of benzene rings is 1. The van der Waals surface area contributed by atoms with Gasteiger partial charge in [0.2, 0.25) is 0 Å². The second-order valence-corrected chi connectivity index (χ2v) is 5.45. The van der Waals surface area contributed by atoms with Gasteiger partial charge in [-0.15, -0.1) is 0 Å². The summed E-state index contributed by atoms with van der Waals surface area (Å²) in [5.41, 5.74) is 5.54. The smallest absolute Gasteiger partial charge is 0.268 e. The van der Waals surface area contributed by atoms with Gasteiger partial charge in [0, 0.05) is 23.5 Å². The first-order valence-corrected chi connectivity index (χ1v) is 6.92. The van der Waals surface area contributed by atoms with E-state index in [1.165, 1.54) is 24.3 Å². The zero-order valence-corrected chi connectivity index (χ0v) is 11.4. The van der Waals surface area contributed by atoms with E-state index in [4.69, 9.17) is 5.73 Å². The molecule has 4 N–H and O–H groups in total. The van der Waals surface area contributed by atoms with Crippen LogP contribution in [0.25, 0.3) is 10.9 Å². The number of fused-ring (bicyclic) bond motifs is 1. The van der Waals surface area contributed by atoms with Crippen LogP contribution >= 0.6 is 0 Å². The van der Waals surface area contributed by atoms with Gasteiger partial charge in [0.15, 0.2) is 5.43 Å². The Labute approximate surface area is 120 Å². The van der Waals surface area contributed by atoms with Gasteiger partial charge in [-0.1, -0.05) is 6.07 Å². The van der Waals surface area contributed by atoms with Crippen LogP contribution in [0.1, 0.15) is 29.8 Å². The third-order valence-corrected chi connectivity index (χ3v) is 3.87. The molecule has 1 saturated carbocycles. The van der Waals surface area contributed by atoms with Crippen molar-refractivity contribution in [2.45, 2.75) is 31.3 Å². The topological polar surface area (TPSA) is 88.0 Å². The highest BCUT2D eigenvalue weighted by molar-refractivity contribution is 5.95. The third-order valence-electron chi connectivity index (χ3n) is 3.87. The Morgan fingerprint density at radius 1 is 1.38 bits per heavy atom. The monoisotopic (exact) mass is 289 g/mol. The number of carbonyl (C=O) groups excluding carboxylic acids is 1. The van der Waals surface area contributed by atoms with Gasteiger partial charge in [0.25, 0.3) is 5.91 Å². The summed E-state index contributed by atoms with van der Waals surface area (Å²) in [5, 5.41) is 3.06. The average molecular weight is 289 g/mol. The summed E-state index contributed by atoms with van der Waals surface area (Å²) in [4.78, 5) is 26.8. The highest BCUT2D eigenvalue weighted by Gasteiger charge is 2.24. The minimum Gasteiger partial charge on any atom is -0.348 e. The predicted octanol–water partition coefficient (Wildman–Crippen LogP) is 1.28. The molecule has 3 rings (SSSR count). The first-order valence-electron chi connectivity index (χ1n) is 6.92. The summed E-state index contributed by atoms with van der Waals surface area (Å²) < 4.78 is 13.7. The van der Waals surface area contributed by atoms with E-state index in [9.17, 15) is 14.0 Å². The number of nitrogens with one attached hydrogen (secondary N) is 2. The van der Waals surface area contributed by atoms with Crippen molar-refractivity contribution in [3.63, 3.8) is 0 Å². The van der Waals surface area contributed by atoms with E-state index in [1.54, 1.807) is 0 Å². The molecular weight excluding hydrogens is 273 g/mol. The highest BCUT2D eigenvalue weighted by atomic mass is 19.1. The van der Waals surface area contributed by atoms with Crippen molar-refractivity contribution >= 4 is 16.8 Å². The van der Waals surface area contributed by atoms with Crippen LogP contribution in [0.3, 0.4) is 0 Å². The molecule has 2 atom stereocenters. The normalized spacial score (nSPS) is 21.6. The van der Waals surface area contributed by atoms with Crippen LogP contribution in [0.5, 0.6) is 0 Å². The molecule has 1 fully saturated rings. The van der Waals surface area contributed by atoms with Crippen molar-refractivity contribution in [2.75, 3.05) is 0 Å². The fourth-order valence-electron chi connectivity index (χ4n) is 2.77. The zero-order valence-electron chi connectivity index (χ0n) is 11.4. The molecule has 110 valence electrons. The van der Waals surface area contributed by atoms with Gasteiger partial charge in [-0.3, -0.25) is 9.59 Å². The molecule has 2 aromatic rings. The van der Waals surface area contributed by atoms with Gasteiger partial charge in [0.05, 0.1) is 5.52 Å². The number of amides is 1. The van der Waals surface area contributed by atoms with Gasteiger partial charge in [0.1, 0.15) is 11.5 Å². The number of H-pyrrole nitrogens is 1. The van der Waals surface area contributed by atoms with Gasteiger partial charge in [-0.05, 0) is 31.4 Å². The lowest BCUT2D eigenvalue weighted by Crippen LogP contribution is -2.35. The van der Waals surface area contributed by atoms with Gasteiger partial charge in [-0.25, -0.2) is 4.39 Å². The van der Waals surface area contributed by atoms with Crippen molar-refractivity contribution in [3.05, 3.63) is 46.0 Å². The molecule has 1 aliphatic rings. The molecule has 1 aromatic heterocycles. The largest absolute Gasteiger partial charge is 0.348 e. The number of pyridine rings is 1. The zero-order chi connectivity index (χ0) is 15.0. The van der Waals surface area contributed by atoms with Crippen LogP contribution in [-0.4, -0.2) is 23.0 Å². The Hall–Kier alpha value is -2.21. The first-order chi connectivity index (χ1) is 10.0. The summed E-state index contributed by atoms with van der Waals surface area (Å²) in [7, 11) is 0. The fourth-order valence-corrected chi connectivity index (χ4v) is 2.77. The fraction of sp³-hybridized carbons (Fsp3) is 0.333. The van der Waals surface area contributed by atoms with E-state index in [1.807, 2.05) is 0 Å². The number of nitrogens with two attached hydrogens (primary N) is 1. The molecule has 6 heteroatoms. The Morgan fingerprint density at radius 3 is 2.90 bits per heavy atom. The standard InChI is InChI=1S/C15H16FN3O2/c16-11-3-1-2-10-13(20)7-12(19-14(10)11)15(21)18-9-5-4-8(17)6-9/h1-3,7-9H,4-6,17H2,(H,18,21)(H,19,20)/t8-,9-/m0/s1. The number of hydrogen-bond acceptors (Lipinski definition) is 3. The van der Waals surface area contributed by atoms with E-state index >= 15 is 0 Å². The maximum Gasteiger partial charge on any atom is 0.268 e. The summed E-state index contributed by atoms with van der Waals surface area (Å²) >= 11 is 0. The van der Waals surface area contributed by atoms with Gasteiger partial charge >= 0.3 is 0 Å². The number of para-hydroxylation sites is 1.